The fourth-order valence-electron chi connectivity index (χ4n) is 4.05. The molecule has 1 fully saturated rings. The lowest BCUT2D eigenvalue weighted by molar-refractivity contribution is -0.118. The number of aromatic nitrogens is 3. The van der Waals surface area contributed by atoms with Crippen LogP contribution < -0.4 is 16.0 Å². The minimum Gasteiger partial charge on any atom is -0.379 e. The van der Waals surface area contributed by atoms with Gasteiger partial charge in [0.25, 0.3) is 5.91 Å². The van der Waals surface area contributed by atoms with Crippen molar-refractivity contribution in [2.24, 2.45) is 13.0 Å². The van der Waals surface area contributed by atoms with Crippen molar-refractivity contribution in [3.05, 3.63) is 57.8 Å². The lowest BCUT2D eigenvalue weighted by atomic mass is 9.97. The number of aryl methyl sites for hydroxylation is 1. The smallest absolute Gasteiger partial charge is 0.262 e. The molecule has 3 heterocycles. The van der Waals surface area contributed by atoms with Crippen LogP contribution in [0.2, 0.25) is 5.02 Å². The Labute approximate surface area is 201 Å². The molecule has 1 aliphatic rings. The molecule has 0 saturated heterocycles. The molecule has 1 atom stereocenters. The molecule has 33 heavy (non-hydrogen) atoms. The van der Waals surface area contributed by atoms with Gasteiger partial charge >= 0.3 is 0 Å². The predicted octanol–water partition coefficient (Wildman–Crippen LogP) is 4.46. The highest BCUT2D eigenvalue weighted by Gasteiger charge is 2.27. The van der Waals surface area contributed by atoms with E-state index >= 15 is 0 Å². The van der Waals surface area contributed by atoms with E-state index in [1.54, 1.807) is 48.6 Å². The zero-order chi connectivity index (χ0) is 23.2. The SMILES string of the molecule is Cn1cc(NC(=O)[C@H](CC2CCCC2)NC(=O)c2ccc(CNc3cncc(Cl)c3)s2)cn1. The molecule has 10 heteroatoms. The molecule has 174 valence electrons. The van der Waals surface area contributed by atoms with Crippen LogP contribution >= 0.6 is 22.9 Å². The van der Waals surface area contributed by atoms with Gasteiger partial charge in [0.2, 0.25) is 5.91 Å². The molecule has 0 bridgehead atoms. The van der Waals surface area contributed by atoms with Crippen molar-refractivity contribution in [3.8, 4) is 0 Å². The van der Waals surface area contributed by atoms with Crippen LogP contribution in [0.4, 0.5) is 11.4 Å². The lowest BCUT2D eigenvalue weighted by Gasteiger charge is -2.21. The third-order valence-corrected chi connectivity index (χ3v) is 6.99. The summed E-state index contributed by atoms with van der Waals surface area (Å²) in [6.07, 6.45) is 11.8. The molecular weight excluding hydrogens is 460 g/mol. The first-order valence-electron chi connectivity index (χ1n) is 11.0. The summed E-state index contributed by atoms with van der Waals surface area (Å²) in [6.45, 7) is 0.549. The fraction of sp³-hybridized carbons (Fsp3) is 0.391. The van der Waals surface area contributed by atoms with E-state index in [2.05, 4.69) is 26.0 Å². The molecule has 3 aromatic heterocycles. The highest BCUT2D eigenvalue weighted by Crippen LogP contribution is 2.29. The summed E-state index contributed by atoms with van der Waals surface area (Å²) in [5.41, 5.74) is 1.43. The first-order chi connectivity index (χ1) is 16.0. The number of rotatable bonds is 9. The molecule has 0 spiro atoms. The van der Waals surface area contributed by atoms with Gasteiger partial charge in [-0.15, -0.1) is 11.3 Å². The van der Waals surface area contributed by atoms with Crippen LogP contribution in [0.25, 0.3) is 0 Å². The number of hydrogen-bond donors (Lipinski definition) is 3. The van der Waals surface area contributed by atoms with Crippen LogP contribution in [0.1, 0.15) is 46.7 Å². The minimum atomic E-state index is -0.595. The van der Waals surface area contributed by atoms with Gasteiger partial charge in [0.1, 0.15) is 6.04 Å². The third kappa shape index (κ3) is 6.55. The second kappa shape index (κ2) is 10.8. The number of nitrogens with one attached hydrogen (secondary N) is 3. The number of amides is 2. The van der Waals surface area contributed by atoms with Crippen molar-refractivity contribution in [1.82, 2.24) is 20.1 Å². The van der Waals surface area contributed by atoms with E-state index in [9.17, 15) is 9.59 Å². The van der Waals surface area contributed by atoms with Gasteiger partial charge in [0.05, 0.1) is 33.7 Å². The lowest BCUT2D eigenvalue weighted by Crippen LogP contribution is -2.44. The Morgan fingerprint density at radius 1 is 1.21 bits per heavy atom. The van der Waals surface area contributed by atoms with Gasteiger partial charge in [-0.3, -0.25) is 19.3 Å². The molecule has 8 nitrogen and oxygen atoms in total. The summed E-state index contributed by atoms with van der Waals surface area (Å²) in [7, 11) is 1.79. The second-order valence-corrected chi connectivity index (χ2v) is 9.92. The molecule has 0 aliphatic heterocycles. The second-order valence-electron chi connectivity index (χ2n) is 8.32. The molecular formula is C23H27ClN6O2S. The molecule has 1 aliphatic carbocycles. The standard InChI is InChI=1S/C23H27ClN6O2S/c1-30-14-18(12-27-30)28-22(31)20(8-15-4-2-3-5-15)29-23(32)21-7-6-19(33-21)13-26-17-9-16(24)10-25-11-17/h6-7,9-12,14-15,20,26H,2-5,8,13H2,1H3,(H,28,31)(H,29,32)/t20-/m0/s1. The van der Waals surface area contributed by atoms with E-state index in [4.69, 9.17) is 11.6 Å². The summed E-state index contributed by atoms with van der Waals surface area (Å²) >= 11 is 7.36. The van der Waals surface area contributed by atoms with Crippen molar-refractivity contribution in [2.75, 3.05) is 10.6 Å². The van der Waals surface area contributed by atoms with E-state index in [0.29, 0.717) is 34.5 Å². The van der Waals surface area contributed by atoms with Gasteiger partial charge in [-0.1, -0.05) is 37.3 Å². The molecule has 0 unspecified atom stereocenters. The average Bonchev–Trinajstić information content (AvgIpc) is 3.54. The Morgan fingerprint density at radius 2 is 2.03 bits per heavy atom. The number of nitrogens with zero attached hydrogens (tertiary/aromatic N) is 3. The van der Waals surface area contributed by atoms with Gasteiger partial charge < -0.3 is 16.0 Å². The Morgan fingerprint density at radius 3 is 2.76 bits per heavy atom. The molecule has 2 amide bonds. The quantitative estimate of drug-likeness (QED) is 0.414. The Kier molecular flexibility index (Phi) is 7.61. The summed E-state index contributed by atoms with van der Waals surface area (Å²) < 4.78 is 1.63. The van der Waals surface area contributed by atoms with E-state index in [1.807, 2.05) is 6.07 Å². The monoisotopic (exact) mass is 486 g/mol. The molecule has 3 aromatic rings. The number of carbonyl (C=O) groups is 2. The Hall–Kier alpha value is -2.91. The van der Waals surface area contributed by atoms with Crippen LogP contribution in [0.5, 0.6) is 0 Å². The van der Waals surface area contributed by atoms with E-state index in [0.717, 1.165) is 23.4 Å². The topological polar surface area (TPSA) is 101 Å². The summed E-state index contributed by atoms with van der Waals surface area (Å²) in [4.78, 5) is 31.6. The van der Waals surface area contributed by atoms with Crippen molar-refractivity contribution in [2.45, 2.75) is 44.7 Å². The number of carbonyl (C=O) groups excluding carboxylic acids is 2. The Balaban J connectivity index is 1.38. The van der Waals surface area contributed by atoms with Gasteiger partial charge in [0.15, 0.2) is 0 Å². The maximum atomic E-state index is 13.0. The van der Waals surface area contributed by atoms with Crippen LogP contribution in [0.3, 0.4) is 0 Å². The van der Waals surface area contributed by atoms with Crippen molar-refractivity contribution in [3.63, 3.8) is 0 Å². The average molecular weight is 487 g/mol. The number of thiophene rings is 1. The van der Waals surface area contributed by atoms with Gasteiger partial charge in [-0.25, -0.2) is 0 Å². The highest BCUT2D eigenvalue weighted by atomic mass is 35.5. The zero-order valence-electron chi connectivity index (χ0n) is 18.4. The Bertz CT molecular complexity index is 1110. The fourth-order valence-corrected chi connectivity index (χ4v) is 5.07. The number of halogens is 1. The number of anilines is 2. The maximum Gasteiger partial charge on any atom is 0.262 e. The maximum absolute atomic E-state index is 13.0. The number of pyridine rings is 1. The largest absolute Gasteiger partial charge is 0.379 e. The normalized spacial score (nSPS) is 14.7. The van der Waals surface area contributed by atoms with Crippen molar-refractivity contribution in [1.29, 1.82) is 0 Å². The van der Waals surface area contributed by atoms with Gasteiger partial charge in [0, 0.05) is 30.9 Å². The predicted molar refractivity (Wildman–Crippen MR) is 131 cm³/mol. The van der Waals surface area contributed by atoms with Crippen molar-refractivity contribution >= 4 is 46.1 Å². The van der Waals surface area contributed by atoms with E-state index in [-0.39, 0.29) is 11.8 Å². The highest BCUT2D eigenvalue weighted by molar-refractivity contribution is 7.14. The van der Waals surface area contributed by atoms with Crippen LogP contribution in [-0.4, -0.2) is 32.6 Å². The zero-order valence-corrected chi connectivity index (χ0v) is 20.0. The van der Waals surface area contributed by atoms with E-state index in [1.165, 1.54) is 24.2 Å². The number of hydrogen-bond acceptors (Lipinski definition) is 6. The molecule has 0 aromatic carbocycles. The molecule has 4 rings (SSSR count). The minimum absolute atomic E-state index is 0.213. The van der Waals surface area contributed by atoms with Gasteiger partial charge in [-0.2, -0.15) is 5.10 Å². The summed E-state index contributed by atoms with van der Waals surface area (Å²) in [6, 6.07) is 4.90. The summed E-state index contributed by atoms with van der Waals surface area (Å²) in [5.74, 6) is -0.000454. The molecule has 0 radical (unpaired) electrons. The van der Waals surface area contributed by atoms with Crippen LogP contribution in [0, 0.1) is 5.92 Å². The van der Waals surface area contributed by atoms with Crippen molar-refractivity contribution < 1.29 is 9.59 Å². The molecule has 1 saturated carbocycles. The summed E-state index contributed by atoms with van der Waals surface area (Å²) in [5, 5.41) is 13.7. The van der Waals surface area contributed by atoms with Crippen LogP contribution in [0.15, 0.2) is 43.0 Å². The first kappa shape index (κ1) is 23.3. The van der Waals surface area contributed by atoms with Crippen LogP contribution in [-0.2, 0) is 18.4 Å². The third-order valence-electron chi connectivity index (χ3n) is 5.70. The molecule has 3 N–H and O–H groups in total. The van der Waals surface area contributed by atoms with E-state index < -0.39 is 6.04 Å². The van der Waals surface area contributed by atoms with Gasteiger partial charge in [-0.05, 0) is 30.5 Å². The first-order valence-corrected chi connectivity index (χ1v) is 12.2.